The summed E-state index contributed by atoms with van der Waals surface area (Å²) in [6.07, 6.45) is 5.05. The van der Waals surface area contributed by atoms with Crippen molar-refractivity contribution in [1.29, 1.82) is 0 Å². The van der Waals surface area contributed by atoms with Crippen molar-refractivity contribution in [3.8, 4) is 0 Å². The molecule has 0 saturated heterocycles. The smallest absolute Gasteiger partial charge is 0.220 e. The van der Waals surface area contributed by atoms with Gasteiger partial charge >= 0.3 is 0 Å². The Balaban J connectivity index is 2.24. The van der Waals surface area contributed by atoms with Crippen LogP contribution in [0.5, 0.6) is 0 Å². The van der Waals surface area contributed by atoms with Gasteiger partial charge in [-0.3, -0.25) is 4.79 Å². The Hall–Kier alpha value is -0.610. The van der Waals surface area contributed by atoms with Crippen molar-refractivity contribution in [2.24, 2.45) is 11.1 Å². The van der Waals surface area contributed by atoms with E-state index in [-0.39, 0.29) is 17.4 Å². The molecule has 1 atom stereocenters. The molecule has 1 aliphatic rings. The molecule has 4 nitrogen and oxygen atoms in total. The van der Waals surface area contributed by atoms with E-state index in [0.29, 0.717) is 13.0 Å². The Labute approximate surface area is 105 Å². The Morgan fingerprint density at radius 2 is 2.12 bits per heavy atom. The molecule has 1 saturated carbocycles. The van der Waals surface area contributed by atoms with Crippen molar-refractivity contribution in [2.75, 3.05) is 27.2 Å². The van der Waals surface area contributed by atoms with Crippen LogP contribution in [0.25, 0.3) is 0 Å². The lowest BCUT2D eigenvalue weighted by Gasteiger charge is -2.40. The van der Waals surface area contributed by atoms with Gasteiger partial charge in [0.05, 0.1) is 0 Å². The highest BCUT2D eigenvalue weighted by molar-refractivity contribution is 5.77. The predicted octanol–water partition coefficient (Wildman–Crippen LogP) is 0.962. The lowest BCUT2D eigenvalue weighted by Crippen LogP contribution is -2.44. The number of nitrogens with zero attached hydrogens (tertiary/aromatic N) is 1. The van der Waals surface area contributed by atoms with Crippen molar-refractivity contribution in [1.82, 2.24) is 10.2 Å². The van der Waals surface area contributed by atoms with Crippen LogP contribution in [0, 0.1) is 5.41 Å². The van der Waals surface area contributed by atoms with Crippen molar-refractivity contribution < 1.29 is 4.79 Å². The first kappa shape index (κ1) is 14.5. The van der Waals surface area contributed by atoms with Gasteiger partial charge in [-0.25, -0.2) is 0 Å². The van der Waals surface area contributed by atoms with Crippen molar-refractivity contribution in [2.45, 2.75) is 45.1 Å². The van der Waals surface area contributed by atoms with Crippen LogP contribution in [0.1, 0.15) is 39.0 Å². The van der Waals surface area contributed by atoms with E-state index in [0.717, 1.165) is 25.8 Å². The molecule has 0 aliphatic heterocycles. The molecule has 1 rings (SSSR count). The molecular weight excluding hydrogens is 214 g/mol. The molecule has 0 heterocycles. The van der Waals surface area contributed by atoms with E-state index in [9.17, 15) is 4.79 Å². The maximum absolute atomic E-state index is 11.9. The molecule has 1 amide bonds. The molecule has 4 heteroatoms. The summed E-state index contributed by atoms with van der Waals surface area (Å²) in [7, 11) is 4.10. The summed E-state index contributed by atoms with van der Waals surface area (Å²) in [5, 5.41) is 3.07. The second-order valence-electron chi connectivity index (χ2n) is 5.79. The number of carbonyl (C=O) groups excluding carboxylic acids is 1. The molecule has 0 spiro atoms. The zero-order chi connectivity index (χ0) is 12.9. The number of rotatable bonds is 7. The van der Waals surface area contributed by atoms with Gasteiger partial charge in [0, 0.05) is 12.5 Å². The average Bonchev–Trinajstić information content (AvgIpc) is 2.20. The van der Waals surface area contributed by atoms with E-state index in [1.165, 1.54) is 6.42 Å². The van der Waals surface area contributed by atoms with Gasteiger partial charge in [-0.2, -0.15) is 0 Å². The van der Waals surface area contributed by atoms with E-state index in [2.05, 4.69) is 17.1 Å². The lowest BCUT2D eigenvalue weighted by molar-refractivity contribution is -0.125. The average molecular weight is 241 g/mol. The van der Waals surface area contributed by atoms with Gasteiger partial charge in [0.1, 0.15) is 0 Å². The quantitative estimate of drug-likeness (QED) is 0.698. The van der Waals surface area contributed by atoms with E-state index in [4.69, 9.17) is 5.73 Å². The SMILES string of the molecule is CC(CCN(C)C)NC(=O)CC1(CN)CCC1. The third-order valence-corrected chi connectivity index (χ3v) is 3.80. The number of amides is 1. The second-order valence-corrected chi connectivity index (χ2v) is 5.79. The molecule has 0 aromatic carbocycles. The summed E-state index contributed by atoms with van der Waals surface area (Å²) in [4.78, 5) is 14.0. The standard InChI is InChI=1S/C13H27N3O/c1-11(5-8-16(2)3)15-12(17)9-13(10-14)6-4-7-13/h11H,4-10,14H2,1-3H3,(H,15,17). The van der Waals surface area contributed by atoms with Gasteiger partial charge in [0.2, 0.25) is 5.91 Å². The summed E-state index contributed by atoms with van der Waals surface area (Å²) in [6, 6.07) is 0.250. The van der Waals surface area contributed by atoms with Gasteiger partial charge < -0.3 is 16.0 Å². The minimum atomic E-state index is 0.116. The van der Waals surface area contributed by atoms with Crippen LogP contribution in [0.3, 0.4) is 0 Å². The zero-order valence-electron chi connectivity index (χ0n) is 11.5. The summed E-state index contributed by atoms with van der Waals surface area (Å²) >= 11 is 0. The van der Waals surface area contributed by atoms with Gasteiger partial charge in [0.25, 0.3) is 0 Å². The number of nitrogens with one attached hydrogen (secondary N) is 1. The van der Waals surface area contributed by atoms with Crippen molar-refractivity contribution >= 4 is 5.91 Å². The molecule has 0 radical (unpaired) electrons. The fraction of sp³-hybridized carbons (Fsp3) is 0.923. The van der Waals surface area contributed by atoms with Crippen molar-refractivity contribution in [3.05, 3.63) is 0 Å². The Morgan fingerprint density at radius 3 is 2.53 bits per heavy atom. The fourth-order valence-electron chi connectivity index (χ4n) is 2.32. The van der Waals surface area contributed by atoms with Gasteiger partial charge in [-0.1, -0.05) is 6.42 Å². The predicted molar refractivity (Wildman–Crippen MR) is 70.7 cm³/mol. The molecule has 3 N–H and O–H groups in total. The maximum Gasteiger partial charge on any atom is 0.220 e. The first-order valence-corrected chi connectivity index (χ1v) is 6.62. The normalized spacial score (nSPS) is 19.8. The molecule has 1 unspecified atom stereocenters. The van der Waals surface area contributed by atoms with Crippen LogP contribution in [0.15, 0.2) is 0 Å². The molecule has 0 aromatic rings. The van der Waals surface area contributed by atoms with Gasteiger partial charge in [-0.05, 0) is 58.8 Å². The summed E-state index contributed by atoms with van der Waals surface area (Å²) < 4.78 is 0. The van der Waals surface area contributed by atoms with Crippen LogP contribution >= 0.6 is 0 Å². The van der Waals surface area contributed by atoms with Gasteiger partial charge in [0.15, 0.2) is 0 Å². The van der Waals surface area contributed by atoms with Crippen LogP contribution in [0.4, 0.5) is 0 Å². The fourth-order valence-corrected chi connectivity index (χ4v) is 2.32. The van der Waals surface area contributed by atoms with E-state index < -0.39 is 0 Å². The third-order valence-electron chi connectivity index (χ3n) is 3.80. The van der Waals surface area contributed by atoms with E-state index in [1.807, 2.05) is 14.1 Å². The molecule has 17 heavy (non-hydrogen) atoms. The Kier molecular flexibility index (Phi) is 5.40. The van der Waals surface area contributed by atoms with Crippen LogP contribution in [-0.4, -0.2) is 44.0 Å². The monoisotopic (exact) mass is 241 g/mol. The molecule has 0 aromatic heterocycles. The Morgan fingerprint density at radius 1 is 1.47 bits per heavy atom. The number of carbonyl (C=O) groups is 1. The summed E-state index contributed by atoms with van der Waals surface area (Å²) in [6.45, 7) is 3.72. The second kappa shape index (κ2) is 6.36. The Bertz CT molecular complexity index is 244. The van der Waals surface area contributed by atoms with Crippen LogP contribution in [-0.2, 0) is 4.79 Å². The van der Waals surface area contributed by atoms with E-state index in [1.54, 1.807) is 0 Å². The minimum Gasteiger partial charge on any atom is -0.354 e. The maximum atomic E-state index is 11.9. The first-order valence-electron chi connectivity index (χ1n) is 6.62. The third kappa shape index (κ3) is 4.64. The zero-order valence-corrected chi connectivity index (χ0v) is 11.5. The number of hydrogen-bond donors (Lipinski definition) is 2. The highest BCUT2D eigenvalue weighted by Gasteiger charge is 2.37. The lowest BCUT2D eigenvalue weighted by atomic mass is 9.66. The number of nitrogens with two attached hydrogens (primary N) is 1. The van der Waals surface area contributed by atoms with Crippen molar-refractivity contribution in [3.63, 3.8) is 0 Å². The molecular formula is C13H27N3O. The molecule has 1 aliphatic carbocycles. The molecule has 0 bridgehead atoms. The summed E-state index contributed by atoms with van der Waals surface area (Å²) in [5.74, 6) is 0.168. The highest BCUT2D eigenvalue weighted by atomic mass is 16.1. The first-order chi connectivity index (χ1) is 7.97. The highest BCUT2D eigenvalue weighted by Crippen LogP contribution is 2.42. The topological polar surface area (TPSA) is 58.4 Å². The number of hydrogen-bond acceptors (Lipinski definition) is 3. The summed E-state index contributed by atoms with van der Waals surface area (Å²) in [5.41, 5.74) is 5.88. The van der Waals surface area contributed by atoms with Crippen LogP contribution in [0.2, 0.25) is 0 Å². The molecule has 100 valence electrons. The van der Waals surface area contributed by atoms with E-state index >= 15 is 0 Å². The largest absolute Gasteiger partial charge is 0.354 e. The minimum absolute atomic E-state index is 0.116. The van der Waals surface area contributed by atoms with Crippen LogP contribution < -0.4 is 11.1 Å². The van der Waals surface area contributed by atoms with Gasteiger partial charge in [-0.15, -0.1) is 0 Å². The molecule has 1 fully saturated rings.